The second-order valence-electron chi connectivity index (χ2n) is 7.24. The van der Waals surface area contributed by atoms with Crippen LogP contribution in [0.5, 0.6) is 5.88 Å². The Morgan fingerprint density at radius 1 is 1.38 bits per heavy atom. The third kappa shape index (κ3) is 4.74. The van der Waals surface area contributed by atoms with Crippen LogP contribution in [0.1, 0.15) is 45.4 Å². The molecule has 1 aromatic rings. The van der Waals surface area contributed by atoms with Gasteiger partial charge in [-0.15, -0.1) is 0 Å². The maximum absolute atomic E-state index is 12.2. The van der Waals surface area contributed by atoms with Gasteiger partial charge in [0.1, 0.15) is 5.60 Å². The fourth-order valence-corrected chi connectivity index (χ4v) is 2.67. The summed E-state index contributed by atoms with van der Waals surface area (Å²) in [6.45, 7) is 7.69. The highest BCUT2D eigenvalue weighted by molar-refractivity contribution is 5.95. The molecule has 0 unspecified atom stereocenters. The molecule has 7 heteroatoms. The van der Waals surface area contributed by atoms with Gasteiger partial charge in [-0.05, 0) is 45.8 Å². The number of hydrogen-bond acceptors (Lipinski definition) is 5. The lowest BCUT2D eigenvalue weighted by atomic mass is 10.0. The van der Waals surface area contributed by atoms with Crippen LogP contribution in [0, 0.1) is 0 Å². The van der Waals surface area contributed by atoms with Crippen molar-refractivity contribution in [2.45, 2.75) is 46.1 Å². The summed E-state index contributed by atoms with van der Waals surface area (Å²) in [7, 11) is 3.24. The Morgan fingerprint density at radius 3 is 2.65 bits per heavy atom. The van der Waals surface area contributed by atoms with E-state index in [0.29, 0.717) is 36.6 Å². The van der Waals surface area contributed by atoms with Crippen LogP contribution < -0.4 is 10.1 Å². The van der Waals surface area contributed by atoms with Crippen LogP contribution in [0.25, 0.3) is 5.57 Å². The number of nitrogens with one attached hydrogen (secondary N) is 1. The summed E-state index contributed by atoms with van der Waals surface area (Å²) in [5.74, 6) is 0.473. The molecule has 26 heavy (non-hydrogen) atoms. The number of anilines is 1. The zero-order valence-corrected chi connectivity index (χ0v) is 16.3. The van der Waals surface area contributed by atoms with Gasteiger partial charge in [-0.1, -0.05) is 6.08 Å². The molecule has 1 aliphatic rings. The average Bonchev–Trinajstić information content (AvgIpc) is 2.56. The minimum absolute atomic E-state index is 0.0235. The third-order valence-electron chi connectivity index (χ3n) is 3.95. The molecule has 2 rings (SSSR count). The van der Waals surface area contributed by atoms with E-state index in [2.05, 4.69) is 10.3 Å². The normalized spacial score (nSPS) is 14.4. The lowest BCUT2D eigenvalue weighted by molar-refractivity contribution is -0.116. The predicted molar refractivity (Wildman–Crippen MR) is 100 cm³/mol. The molecule has 142 valence electrons. The van der Waals surface area contributed by atoms with E-state index < -0.39 is 11.7 Å². The number of carbonyl (C=O) groups excluding carboxylic acids is 2. The highest BCUT2D eigenvalue weighted by Crippen LogP contribution is 2.32. The predicted octanol–water partition coefficient (Wildman–Crippen LogP) is 3.25. The van der Waals surface area contributed by atoms with E-state index in [1.807, 2.05) is 39.8 Å². The molecule has 2 heterocycles. The van der Waals surface area contributed by atoms with E-state index in [9.17, 15) is 9.59 Å². The van der Waals surface area contributed by atoms with Gasteiger partial charge in [0, 0.05) is 19.0 Å². The Morgan fingerprint density at radius 2 is 2.08 bits per heavy atom. The molecule has 0 saturated heterocycles. The monoisotopic (exact) mass is 361 g/mol. The summed E-state index contributed by atoms with van der Waals surface area (Å²) < 4.78 is 10.8. The van der Waals surface area contributed by atoms with Crippen LogP contribution in [0.3, 0.4) is 0 Å². The van der Waals surface area contributed by atoms with Crippen LogP contribution in [0.4, 0.5) is 10.5 Å². The lowest BCUT2D eigenvalue weighted by Crippen LogP contribution is -2.35. The van der Waals surface area contributed by atoms with Crippen molar-refractivity contribution in [2.24, 2.45) is 0 Å². The van der Waals surface area contributed by atoms with Crippen LogP contribution >= 0.6 is 0 Å². The molecule has 0 aromatic carbocycles. The van der Waals surface area contributed by atoms with Gasteiger partial charge in [-0.25, -0.2) is 9.78 Å². The summed E-state index contributed by atoms with van der Waals surface area (Å²) in [6, 6.07) is 1.83. The van der Waals surface area contributed by atoms with Crippen molar-refractivity contribution in [3.8, 4) is 5.88 Å². The van der Waals surface area contributed by atoms with Crippen LogP contribution in [-0.4, -0.2) is 48.2 Å². The average molecular weight is 361 g/mol. The van der Waals surface area contributed by atoms with Crippen molar-refractivity contribution in [1.29, 1.82) is 0 Å². The first-order chi connectivity index (χ1) is 12.1. The smallest absolute Gasteiger partial charge is 0.410 e. The Hall–Kier alpha value is -2.57. The number of methoxy groups -OCH3 is 1. The van der Waals surface area contributed by atoms with Crippen LogP contribution in [-0.2, 0) is 16.0 Å². The Kier molecular flexibility index (Phi) is 5.90. The first-order valence-electron chi connectivity index (χ1n) is 8.62. The van der Waals surface area contributed by atoms with Gasteiger partial charge in [0.05, 0.1) is 25.0 Å². The molecule has 0 radical (unpaired) electrons. The minimum Gasteiger partial charge on any atom is -0.481 e. The van der Waals surface area contributed by atoms with Gasteiger partial charge in [-0.3, -0.25) is 4.79 Å². The number of fused-ring (bicyclic) bond motifs is 1. The first-order valence-corrected chi connectivity index (χ1v) is 8.62. The number of carbonyl (C=O) groups is 2. The van der Waals surface area contributed by atoms with E-state index in [0.717, 1.165) is 11.1 Å². The summed E-state index contributed by atoms with van der Waals surface area (Å²) >= 11 is 0. The van der Waals surface area contributed by atoms with E-state index >= 15 is 0 Å². The Bertz CT molecular complexity index is 735. The Balaban J connectivity index is 2.26. The maximum atomic E-state index is 12.2. The van der Waals surface area contributed by atoms with Gasteiger partial charge in [0.2, 0.25) is 11.8 Å². The second kappa shape index (κ2) is 7.76. The van der Waals surface area contributed by atoms with E-state index in [1.54, 1.807) is 14.2 Å². The van der Waals surface area contributed by atoms with E-state index in [-0.39, 0.29) is 5.91 Å². The summed E-state index contributed by atoms with van der Waals surface area (Å²) in [4.78, 5) is 30.0. The fraction of sp³-hybridized carbons (Fsp3) is 0.526. The Labute approximate surface area is 154 Å². The fourth-order valence-electron chi connectivity index (χ4n) is 2.67. The molecule has 1 aliphatic heterocycles. The van der Waals surface area contributed by atoms with Crippen molar-refractivity contribution >= 4 is 23.3 Å². The molecule has 2 amide bonds. The van der Waals surface area contributed by atoms with Crippen LogP contribution in [0.15, 0.2) is 12.1 Å². The summed E-state index contributed by atoms with van der Waals surface area (Å²) in [6.07, 6.45) is 2.50. The lowest BCUT2D eigenvalue weighted by Gasteiger charge is -2.26. The zero-order chi connectivity index (χ0) is 19.5. The molecule has 0 saturated carbocycles. The molecule has 0 atom stereocenters. The number of likely N-dealkylation sites (N-methyl/N-ethyl adjacent to an activating group) is 1. The van der Waals surface area contributed by atoms with Crippen molar-refractivity contribution in [2.75, 3.05) is 26.0 Å². The van der Waals surface area contributed by atoms with Crippen molar-refractivity contribution in [3.63, 3.8) is 0 Å². The van der Waals surface area contributed by atoms with Gasteiger partial charge < -0.3 is 19.7 Å². The van der Waals surface area contributed by atoms with Gasteiger partial charge in [-0.2, -0.15) is 0 Å². The van der Waals surface area contributed by atoms with Crippen molar-refractivity contribution < 1.29 is 19.1 Å². The topological polar surface area (TPSA) is 80.8 Å². The van der Waals surface area contributed by atoms with Crippen LogP contribution in [0.2, 0.25) is 0 Å². The number of rotatable bonds is 4. The molecule has 1 N–H and O–H groups in total. The zero-order valence-electron chi connectivity index (χ0n) is 16.3. The van der Waals surface area contributed by atoms with Crippen molar-refractivity contribution in [3.05, 3.63) is 23.4 Å². The largest absolute Gasteiger partial charge is 0.481 e. The SMILES string of the molecule is C/C=C(\CN(C)C(=O)OC(C)(C)C)c1cc2c(c(OC)n1)CCC(=O)N2. The molecule has 0 fully saturated rings. The number of nitrogens with zero attached hydrogens (tertiary/aromatic N) is 2. The molecule has 7 nitrogen and oxygen atoms in total. The van der Waals surface area contributed by atoms with E-state index in [4.69, 9.17) is 9.47 Å². The summed E-state index contributed by atoms with van der Waals surface area (Å²) in [5.41, 5.74) is 2.54. The van der Waals surface area contributed by atoms with Gasteiger partial charge in [0.25, 0.3) is 0 Å². The number of allylic oxidation sites excluding steroid dienone is 1. The summed E-state index contributed by atoms with van der Waals surface area (Å²) in [5, 5.41) is 2.87. The maximum Gasteiger partial charge on any atom is 0.410 e. The number of hydrogen-bond donors (Lipinski definition) is 1. The molecular weight excluding hydrogens is 334 g/mol. The number of ether oxygens (including phenoxy) is 2. The molecule has 0 bridgehead atoms. The highest BCUT2D eigenvalue weighted by atomic mass is 16.6. The van der Waals surface area contributed by atoms with Gasteiger partial charge >= 0.3 is 6.09 Å². The molecular formula is C19H27N3O4. The quantitative estimate of drug-likeness (QED) is 0.890. The molecule has 1 aromatic heterocycles. The highest BCUT2D eigenvalue weighted by Gasteiger charge is 2.24. The minimum atomic E-state index is -0.557. The van der Waals surface area contributed by atoms with Gasteiger partial charge in [0.15, 0.2) is 0 Å². The molecule has 0 spiro atoms. The van der Waals surface area contributed by atoms with E-state index in [1.165, 1.54) is 4.90 Å². The third-order valence-corrected chi connectivity index (χ3v) is 3.95. The number of aromatic nitrogens is 1. The van der Waals surface area contributed by atoms with Crippen molar-refractivity contribution in [1.82, 2.24) is 9.88 Å². The second-order valence-corrected chi connectivity index (χ2v) is 7.24. The molecule has 0 aliphatic carbocycles. The standard InChI is InChI=1S/C19H27N3O4/c1-7-12(11-22(5)18(24)26-19(2,3)4)14-10-15-13(17(21-14)25-6)8-9-16(23)20-15/h7,10H,8-9,11H2,1-6H3,(H,20,23)/b12-7+. The first kappa shape index (κ1) is 19.8. The number of amides is 2. The number of pyridine rings is 1.